The number of carbonyl (C=O) groups excluding carboxylic acids is 2. The van der Waals surface area contributed by atoms with Crippen molar-refractivity contribution in [2.75, 3.05) is 32.9 Å². The van der Waals surface area contributed by atoms with Crippen molar-refractivity contribution < 1.29 is 27.5 Å². The number of hydrogen-bond donors (Lipinski definition) is 0. The van der Waals surface area contributed by atoms with E-state index in [1.165, 1.54) is 22.5 Å². The number of halogens is 1. The summed E-state index contributed by atoms with van der Waals surface area (Å²) >= 11 is 6.09. The van der Waals surface area contributed by atoms with Crippen LogP contribution in [0.25, 0.3) is 0 Å². The first-order chi connectivity index (χ1) is 14.8. The molecule has 1 aliphatic rings. The lowest BCUT2D eigenvalue weighted by molar-refractivity contribution is 0.0474. The van der Waals surface area contributed by atoms with E-state index in [2.05, 4.69) is 6.92 Å². The Morgan fingerprint density at radius 3 is 2.42 bits per heavy atom. The zero-order chi connectivity index (χ0) is 22.4. The van der Waals surface area contributed by atoms with Crippen molar-refractivity contribution in [1.29, 1.82) is 0 Å². The Bertz CT molecular complexity index is 1050. The third-order valence-electron chi connectivity index (χ3n) is 4.91. The zero-order valence-electron chi connectivity index (χ0n) is 17.2. The summed E-state index contributed by atoms with van der Waals surface area (Å²) in [5.41, 5.74) is 1.45. The number of rotatable bonds is 8. The van der Waals surface area contributed by atoms with E-state index in [0.717, 1.165) is 18.4 Å². The second-order valence-corrected chi connectivity index (χ2v) is 9.45. The second-order valence-electron chi connectivity index (χ2n) is 7.10. The topological polar surface area (TPSA) is 90.0 Å². The first-order valence-electron chi connectivity index (χ1n) is 9.99. The van der Waals surface area contributed by atoms with Crippen molar-refractivity contribution in [3.05, 3.63) is 64.2 Å². The van der Waals surface area contributed by atoms with Crippen LogP contribution in [0.15, 0.2) is 47.4 Å². The Hall–Kier alpha value is -2.26. The molecule has 0 aliphatic carbocycles. The molecule has 2 aromatic carbocycles. The predicted molar refractivity (Wildman–Crippen MR) is 116 cm³/mol. The van der Waals surface area contributed by atoms with Crippen molar-refractivity contribution >= 4 is 33.4 Å². The molecule has 31 heavy (non-hydrogen) atoms. The van der Waals surface area contributed by atoms with E-state index in [1.807, 2.05) is 12.1 Å². The van der Waals surface area contributed by atoms with E-state index in [4.69, 9.17) is 21.1 Å². The molecular formula is C22H24ClNO6S. The minimum Gasteiger partial charge on any atom is -0.454 e. The van der Waals surface area contributed by atoms with Crippen LogP contribution >= 0.6 is 11.6 Å². The molecule has 0 unspecified atom stereocenters. The van der Waals surface area contributed by atoms with Crippen LogP contribution in [0.3, 0.4) is 0 Å². The fraction of sp³-hybridized carbons (Fsp3) is 0.364. The predicted octanol–water partition coefficient (Wildman–Crippen LogP) is 3.35. The Morgan fingerprint density at radius 2 is 1.77 bits per heavy atom. The molecule has 0 bridgehead atoms. The summed E-state index contributed by atoms with van der Waals surface area (Å²) in [6, 6.07) is 11.0. The highest BCUT2D eigenvalue weighted by atomic mass is 35.5. The monoisotopic (exact) mass is 465 g/mol. The average molecular weight is 466 g/mol. The van der Waals surface area contributed by atoms with E-state index >= 15 is 0 Å². The van der Waals surface area contributed by atoms with Crippen LogP contribution in [0.1, 0.15) is 39.6 Å². The first-order valence-corrected chi connectivity index (χ1v) is 11.8. The summed E-state index contributed by atoms with van der Waals surface area (Å²) in [5, 5.41) is 0.0438. The molecule has 0 amide bonds. The van der Waals surface area contributed by atoms with Crippen LogP contribution in [0, 0.1) is 0 Å². The van der Waals surface area contributed by atoms with Crippen LogP contribution < -0.4 is 0 Å². The number of morpholine rings is 1. The number of aryl methyl sites for hydroxylation is 1. The van der Waals surface area contributed by atoms with Crippen molar-refractivity contribution in [3.8, 4) is 0 Å². The van der Waals surface area contributed by atoms with E-state index in [-0.39, 0.29) is 34.4 Å². The van der Waals surface area contributed by atoms with Gasteiger partial charge >= 0.3 is 5.97 Å². The molecule has 2 aromatic rings. The molecule has 3 rings (SSSR count). The van der Waals surface area contributed by atoms with Crippen LogP contribution in [0.4, 0.5) is 0 Å². The quantitative estimate of drug-likeness (QED) is 0.438. The largest absolute Gasteiger partial charge is 0.454 e. The third-order valence-corrected chi connectivity index (χ3v) is 7.14. The number of hydrogen-bond acceptors (Lipinski definition) is 6. The minimum atomic E-state index is -3.80. The number of Topliss-reactive ketones (excluding diaryl/α,β-unsaturated/α-hetero) is 1. The molecule has 9 heteroatoms. The number of esters is 1. The van der Waals surface area contributed by atoms with Crippen LogP contribution in [-0.2, 0) is 25.9 Å². The van der Waals surface area contributed by atoms with Gasteiger partial charge < -0.3 is 9.47 Å². The molecular weight excluding hydrogens is 442 g/mol. The van der Waals surface area contributed by atoms with Gasteiger partial charge in [-0.15, -0.1) is 0 Å². The summed E-state index contributed by atoms with van der Waals surface area (Å²) in [5.74, 6) is -1.22. The number of sulfonamides is 1. The number of carbonyl (C=O) groups is 2. The van der Waals surface area contributed by atoms with Gasteiger partial charge in [0.25, 0.3) is 0 Å². The first kappa shape index (κ1) is 23.4. The average Bonchev–Trinajstić information content (AvgIpc) is 2.78. The Balaban J connectivity index is 1.70. The van der Waals surface area contributed by atoms with Gasteiger partial charge in [-0.2, -0.15) is 4.31 Å². The highest BCUT2D eigenvalue weighted by Gasteiger charge is 2.28. The van der Waals surface area contributed by atoms with Gasteiger partial charge in [0.2, 0.25) is 10.0 Å². The second kappa shape index (κ2) is 10.4. The lowest BCUT2D eigenvalue weighted by Crippen LogP contribution is -2.40. The van der Waals surface area contributed by atoms with Gasteiger partial charge in [-0.25, -0.2) is 13.2 Å². The smallest absolute Gasteiger partial charge is 0.340 e. The molecule has 0 atom stereocenters. The molecule has 7 nitrogen and oxygen atoms in total. The molecule has 0 saturated carbocycles. The van der Waals surface area contributed by atoms with Gasteiger partial charge in [0.1, 0.15) is 0 Å². The number of ether oxygens (including phenoxy) is 2. The van der Waals surface area contributed by atoms with Crippen molar-refractivity contribution in [3.63, 3.8) is 0 Å². The van der Waals surface area contributed by atoms with Crippen LogP contribution in [-0.4, -0.2) is 57.4 Å². The summed E-state index contributed by atoms with van der Waals surface area (Å²) in [6.07, 6.45) is 1.93. The Labute approximate surface area is 187 Å². The van der Waals surface area contributed by atoms with Gasteiger partial charge in [-0.3, -0.25) is 4.79 Å². The summed E-state index contributed by atoms with van der Waals surface area (Å²) in [7, 11) is -3.80. The van der Waals surface area contributed by atoms with Gasteiger partial charge in [-0.1, -0.05) is 49.2 Å². The number of ketones is 1. The van der Waals surface area contributed by atoms with Crippen LogP contribution in [0.5, 0.6) is 0 Å². The molecule has 1 saturated heterocycles. The molecule has 1 fully saturated rings. The van der Waals surface area contributed by atoms with Crippen LogP contribution in [0.2, 0.25) is 5.02 Å². The molecule has 0 N–H and O–H groups in total. The normalized spacial score (nSPS) is 14.9. The van der Waals surface area contributed by atoms with Crippen molar-refractivity contribution in [1.82, 2.24) is 4.31 Å². The molecule has 1 heterocycles. The highest BCUT2D eigenvalue weighted by Crippen LogP contribution is 2.24. The minimum absolute atomic E-state index is 0.0438. The maximum Gasteiger partial charge on any atom is 0.340 e. The Morgan fingerprint density at radius 1 is 1.10 bits per heavy atom. The maximum absolute atomic E-state index is 12.8. The van der Waals surface area contributed by atoms with E-state index in [9.17, 15) is 18.0 Å². The summed E-state index contributed by atoms with van der Waals surface area (Å²) in [6.45, 7) is 2.69. The van der Waals surface area contributed by atoms with Crippen molar-refractivity contribution in [2.45, 2.75) is 24.7 Å². The lowest BCUT2D eigenvalue weighted by atomic mass is 10.1. The number of benzene rings is 2. The Kier molecular flexibility index (Phi) is 7.83. The highest BCUT2D eigenvalue weighted by molar-refractivity contribution is 7.89. The molecule has 1 aliphatic heterocycles. The molecule has 0 spiro atoms. The van der Waals surface area contributed by atoms with Crippen molar-refractivity contribution in [2.24, 2.45) is 0 Å². The molecule has 166 valence electrons. The molecule has 0 radical (unpaired) electrons. The fourth-order valence-electron chi connectivity index (χ4n) is 3.20. The van der Waals surface area contributed by atoms with Gasteiger partial charge in [0.05, 0.1) is 28.7 Å². The maximum atomic E-state index is 12.8. The lowest BCUT2D eigenvalue weighted by Gasteiger charge is -2.26. The summed E-state index contributed by atoms with van der Waals surface area (Å²) in [4.78, 5) is 24.8. The summed E-state index contributed by atoms with van der Waals surface area (Å²) < 4.78 is 37.2. The van der Waals surface area contributed by atoms with Gasteiger partial charge in [0, 0.05) is 18.7 Å². The molecule has 0 aromatic heterocycles. The zero-order valence-corrected chi connectivity index (χ0v) is 18.7. The fourth-order valence-corrected chi connectivity index (χ4v) is 4.82. The van der Waals surface area contributed by atoms with E-state index in [0.29, 0.717) is 18.8 Å². The van der Waals surface area contributed by atoms with E-state index in [1.54, 1.807) is 12.1 Å². The number of nitrogens with zero attached hydrogens (tertiary/aromatic N) is 1. The van der Waals surface area contributed by atoms with E-state index < -0.39 is 22.6 Å². The standard InChI is InChI=1S/C22H24ClNO6S/c1-2-3-16-4-6-17(7-5-16)21(25)15-30-22(26)19-14-18(8-9-20(19)23)31(27,28)24-10-12-29-13-11-24/h4-9,14H,2-3,10-13,15H2,1H3. The van der Waals surface area contributed by atoms with Gasteiger partial charge in [0.15, 0.2) is 12.4 Å². The third kappa shape index (κ3) is 5.71. The SMILES string of the molecule is CCCc1ccc(C(=O)COC(=O)c2cc(S(=O)(=O)N3CCOCC3)ccc2Cl)cc1. The van der Waals surface area contributed by atoms with Gasteiger partial charge in [-0.05, 0) is 30.2 Å².